The lowest BCUT2D eigenvalue weighted by Gasteiger charge is -2.27. The summed E-state index contributed by atoms with van der Waals surface area (Å²) in [6.07, 6.45) is 0. The average molecular weight is 427 g/mol. The van der Waals surface area contributed by atoms with Gasteiger partial charge in [0.05, 0.1) is 10.8 Å². The molecule has 0 aliphatic rings. The minimum Gasteiger partial charge on any atom is -0.426 e. The van der Waals surface area contributed by atoms with E-state index in [1.54, 1.807) is 0 Å². The van der Waals surface area contributed by atoms with Crippen molar-refractivity contribution in [3.63, 3.8) is 0 Å². The number of hydrogen-bond acceptors (Lipinski definition) is 4. The first-order valence-corrected chi connectivity index (χ1v) is 10.9. The van der Waals surface area contributed by atoms with E-state index in [2.05, 4.69) is 13.8 Å². The summed E-state index contributed by atoms with van der Waals surface area (Å²) in [4.78, 5) is 24.1. The summed E-state index contributed by atoms with van der Waals surface area (Å²) in [6.45, 7) is 19.2. The van der Waals surface area contributed by atoms with Crippen LogP contribution in [0.25, 0.3) is 0 Å². The molecule has 0 radical (unpaired) electrons. The number of hydrogen-bond donors (Lipinski definition) is 0. The van der Waals surface area contributed by atoms with Crippen molar-refractivity contribution in [2.75, 3.05) is 0 Å². The van der Waals surface area contributed by atoms with E-state index in [1.165, 1.54) is 0 Å². The van der Waals surface area contributed by atoms with Crippen LogP contribution in [0.15, 0.2) is 48.5 Å². The molecular formula is C27H38O4. The zero-order valence-corrected chi connectivity index (χ0v) is 20.8. The monoisotopic (exact) mass is 426 g/mol. The van der Waals surface area contributed by atoms with E-state index in [-0.39, 0.29) is 17.4 Å². The Balaban J connectivity index is 0.00000233. The second-order valence-electron chi connectivity index (χ2n) is 9.95. The van der Waals surface area contributed by atoms with Crippen LogP contribution in [0.3, 0.4) is 0 Å². The Labute approximate surface area is 188 Å². The third-order valence-corrected chi connectivity index (χ3v) is 4.80. The molecule has 170 valence electrons. The van der Waals surface area contributed by atoms with Gasteiger partial charge in [-0.1, -0.05) is 52.0 Å². The predicted molar refractivity (Wildman–Crippen MR) is 127 cm³/mol. The van der Waals surface area contributed by atoms with E-state index in [0.29, 0.717) is 11.5 Å². The minimum absolute atomic E-state index is 0.259. The Morgan fingerprint density at radius 1 is 0.548 bits per heavy atom. The maximum absolute atomic E-state index is 12.0. The predicted octanol–water partition coefficient (Wildman–Crippen LogP) is 6.94. The summed E-state index contributed by atoms with van der Waals surface area (Å²) in [7, 11) is 0. The van der Waals surface area contributed by atoms with Gasteiger partial charge in [-0.25, -0.2) is 0 Å². The Morgan fingerprint density at radius 3 is 1.03 bits per heavy atom. The Bertz CT molecular complexity index is 788. The van der Waals surface area contributed by atoms with Crippen LogP contribution in [-0.2, 0) is 15.0 Å². The summed E-state index contributed by atoms with van der Waals surface area (Å²) in [5.74, 6) is 0.553. The maximum atomic E-state index is 12.0. The maximum Gasteiger partial charge on any atom is 0.316 e. The van der Waals surface area contributed by atoms with E-state index >= 15 is 0 Å². The molecule has 2 rings (SSSR count). The van der Waals surface area contributed by atoms with Gasteiger partial charge in [0.1, 0.15) is 11.5 Å². The molecule has 0 atom stereocenters. The van der Waals surface area contributed by atoms with Crippen molar-refractivity contribution in [3.05, 3.63) is 59.7 Å². The molecule has 0 N–H and O–H groups in total. The summed E-state index contributed by atoms with van der Waals surface area (Å²) < 4.78 is 10.9. The van der Waals surface area contributed by atoms with Gasteiger partial charge >= 0.3 is 11.9 Å². The fraction of sp³-hybridized carbons (Fsp3) is 0.481. The van der Waals surface area contributed by atoms with Crippen LogP contribution in [0.4, 0.5) is 0 Å². The highest BCUT2D eigenvalue weighted by atomic mass is 16.5. The molecule has 0 amide bonds. The zero-order valence-electron chi connectivity index (χ0n) is 20.8. The van der Waals surface area contributed by atoms with E-state index in [9.17, 15) is 9.59 Å². The summed E-state index contributed by atoms with van der Waals surface area (Å²) in [6, 6.07) is 15.2. The van der Waals surface area contributed by atoms with Gasteiger partial charge in [0, 0.05) is 5.41 Å². The zero-order chi connectivity index (χ0) is 24.0. The van der Waals surface area contributed by atoms with E-state index in [0.717, 1.165) is 11.1 Å². The molecular weight excluding hydrogens is 388 g/mol. The highest BCUT2D eigenvalue weighted by molar-refractivity contribution is 5.78. The second-order valence-corrected chi connectivity index (χ2v) is 9.95. The van der Waals surface area contributed by atoms with Gasteiger partial charge in [0.15, 0.2) is 0 Å². The molecule has 0 aliphatic heterocycles. The SMILES string of the molecule is CC.CC(C)(C)C(=O)Oc1ccc(C(C)(C)c2ccc(OC(=O)C(C)(C)C)cc2)cc1. The first kappa shape index (κ1) is 26.4. The lowest BCUT2D eigenvalue weighted by atomic mass is 9.78. The van der Waals surface area contributed by atoms with E-state index < -0.39 is 10.8 Å². The van der Waals surface area contributed by atoms with Crippen molar-refractivity contribution in [1.29, 1.82) is 0 Å². The van der Waals surface area contributed by atoms with Crippen molar-refractivity contribution in [2.45, 2.75) is 74.7 Å². The molecule has 0 saturated carbocycles. The molecule has 0 spiro atoms. The van der Waals surface area contributed by atoms with Gasteiger partial charge in [0.2, 0.25) is 0 Å². The van der Waals surface area contributed by atoms with Gasteiger partial charge in [-0.3, -0.25) is 9.59 Å². The lowest BCUT2D eigenvalue weighted by molar-refractivity contribution is -0.143. The number of esters is 2. The molecule has 0 unspecified atom stereocenters. The Hall–Kier alpha value is -2.62. The number of ether oxygens (including phenoxy) is 2. The van der Waals surface area contributed by atoms with Crippen molar-refractivity contribution in [3.8, 4) is 11.5 Å². The van der Waals surface area contributed by atoms with Gasteiger partial charge in [-0.05, 0) is 76.9 Å². The molecule has 0 heterocycles. The van der Waals surface area contributed by atoms with Gasteiger partial charge < -0.3 is 9.47 Å². The van der Waals surface area contributed by atoms with Crippen LogP contribution in [-0.4, -0.2) is 11.9 Å². The average Bonchev–Trinajstić information content (AvgIpc) is 2.69. The van der Waals surface area contributed by atoms with Gasteiger partial charge in [0.25, 0.3) is 0 Å². The van der Waals surface area contributed by atoms with Crippen LogP contribution < -0.4 is 9.47 Å². The molecule has 2 aromatic rings. The summed E-state index contributed by atoms with van der Waals surface area (Å²) in [5, 5.41) is 0. The fourth-order valence-corrected chi connectivity index (χ4v) is 2.57. The summed E-state index contributed by atoms with van der Waals surface area (Å²) in [5.41, 5.74) is 0.825. The normalized spacial score (nSPS) is 11.8. The largest absolute Gasteiger partial charge is 0.426 e. The van der Waals surface area contributed by atoms with Crippen LogP contribution in [0.1, 0.15) is 80.4 Å². The third-order valence-electron chi connectivity index (χ3n) is 4.80. The molecule has 0 aliphatic carbocycles. The topological polar surface area (TPSA) is 52.6 Å². The van der Waals surface area contributed by atoms with Crippen LogP contribution >= 0.6 is 0 Å². The molecule has 31 heavy (non-hydrogen) atoms. The standard InChI is InChI=1S/C25H32O4.C2H6/c1-23(2,3)21(26)28-19-13-9-17(10-14-19)25(7,8)18-11-15-20(16-12-18)29-22(27)24(4,5)6;1-2/h9-16H,1-8H3;1-2H3. The molecule has 0 fully saturated rings. The van der Waals surface area contributed by atoms with Crippen molar-refractivity contribution >= 4 is 11.9 Å². The molecule has 0 aromatic heterocycles. The number of benzene rings is 2. The van der Waals surface area contributed by atoms with Gasteiger partial charge in [-0.2, -0.15) is 0 Å². The second kappa shape index (κ2) is 10.1. The molecule has 0 bridgehead atoms. The van der Waals surface area contributed by atoms with Crippen molar-refractivity contribution in [1.82, 2.24) is 0 Å². The van der Waals surface area contributed by atoms with Crippen LogP contribution in [0, 0.1) is 10.8 Å². The minimum atomic E-state index is -0.546. The number of rotatable bonds is 4. The fourth-order valence-electron chi connectivity index (χ4n) is 2.57. The van der Waals surface area contributed by atoms with Crippen molar-refractivity contribution in [2.24, 2.45) is 10.8 Å². The Morgan fingerprint density at radius 2 is 0.806 bits per heavy atom. The van der Waals surface area contributed by atoms with E-state index in [1.807, 2.05) is 104 Å². The number of carbonyl (C=O) groups is 2. The Kier molecular flexibility index (Phi) is 8.63. The highest BCUT2D eigenvalue weighted by Crippen LogP contribution is 2.34. The first-order valence-electron chi connectivity index (χ1n) is 10.9. The molecule has 2 aromatic carbocycles. The smallest absolute Gasteiger partial charge is 0.316 e. The van der Waals surface area contributed by atoms with Crippen LogP contribution in [0.5, 0.6) is 11.5 Å². The van der Waals surface area contributed by atoms with Gasteiger partial charge in [-0.15, -0.1) is 0 Å². The molecule has 0 saturated heterocycles. The first-order chi connectivity index (χ1) is 14.2. The molecule has 4 heteroatoms. The lowest BCUT2D eigenvalue weighted by Crippen LogP contribution is -2.26. The summed E-state index contributed by atoms with van der Waals surface area (Å²) >= 11 is 0. The van der Waals surface area contributed by atoms with Crippen LogP contribution in [0.2, 0.25) is 0 Å². The highest BCUT2D eigenvalue weighted by Gasteiger charge is 2.26. The third kappa shape index (κ3) is 7.23. The van der Waals surface area contributed by atoms with E-state index in [4.69, 9.17) is 9.47 Å². The number of carbonyl (C=O) groups excluding carboxylic acids is 2. The van der Waals surface area contributed by atoms with Crippen molar-refractivity contribution < 1.29 is 19.1 Å². The molecule has 4 nitrogen and oxygen atoms in total. The quantitative estimate of drug-likeness (QED) is 0.392.